The fraction of sp³-hybridized carbons (Fsp3) is 0.542. The molecule has 1 unspecified atom stereocenters. The van der Waals surface area contributed by atoms with Crippen LogP contribution in [0.2, 0.25) is 0 Å². The van der Waals surface area contributed by atoms with Crippen LogP contribution in [0.1, 0.15) is 59.9 Å². The Kier molecular flexibility index (Phi) is 5.79. The molecule has 0 aliphatic carbocycles. The van der Waals surface area contributed by atoms with Gasteiger partial charge in [0.05, 0.1) is 18.8 Å². The largest absolute Gasteiger partial charge is 0.350 e. The summed E-state index contributed by atoms with van der Waals surface area (Å²) >= 11 is 0. The lowest BCUT2D eigenvalue weighted by molar-refractivity contribution is -0.0969. The molecule has 5 nitrogen and oxygen atoms in total. The van der Waals surface area contributed by atoms with E-state index in [-0.39, 0.29) is 18.1 Å². The number of carbonyl (C=O) groups excluding carboxylic acids is 1. The molecule has 3 heterocycles. The number of nitrogens with zero attached hydrogens (tertiary/aromatic N) is 2. The summed E-state index contributed by atoms with van der Waals surface area (Å²) < 4.78 is 13.6. The van der Waals surface area contributed by atoms with Gasteiger partial charge in [0, 0.05) is 36.1 Å². The number of likely N-dealkylation sites (tertiary alicyclic amines) is 1. The van der Waals surface area contributed by atoms with Crippen LogP contribution in [-0.2, 0) is 9.47 Å². The van der Waals surface area contributed by atoms with Gasteiger partial charge in [-0.3, -0.25) is 4.79 Å². The maximum absolute atomic E-state index is 13.4. The van der Waals surface area contributed by atoms with Gasteiger partial charge >= 0.3 is 0 Å². The average molecular weight is 397 g/mol. The third-order valence-corrected chi connectivity index (χ3v) is 6.26. The van der Waals surface area contributed by atoms with E-state index in [1.54, 1.807) is 0 Å². The lowest BCUT2D eigenvalue weighted by Gasteiger charge is -2.34. The zero-order valence-electron chi connectivity index (χ0n) is 18.0. The van der Waals surface area contributed by atoms with E-state index < -0.39 is 0 Å². The highest BCUT2D eigenvalue weighted by Crippen LogP contribution is 2.28. The monoisotopic (exact) mass is 396 g/mol. The molecule has 0 saturated carbocycles. The minimum Gasteiger partial charge on any atom is -0.350 e. The zero-order valence-corrected chi connectivity index (χ0v) is 18.0. The molecule has 0 spiro atoms. The van der Waals surface area contributed by atoms with Crippen LogP contribution in [0, 0.1) is 19.8 Å². The fourth-order valence-corrected chi connectivity index (χ4v) is 4.62. The van der Waals surface area contributed by atoms with Gasteiger partial charge in [0.2, 0.25) is 0 Å². The lowest BCUT2D eigenvalue weighted by Crippen LogP contribution is -2.44. The van der Waals surface area contributed by atoms with Crippen LogP contribution in [0.15, 0.2) is 30.3 Å². The molecule has 2 aromatic rings. The number of amides is 1. The molecule has 5 heteroatoms. The van der Waals surface area contributed by atoms with Gasteiger partial charge in [-0.25, -0.2) is 0 Å². The quantitative estimate of drug-likeness (QED) is 0.767. The molecular weight excluding hydrogens is 364 g/mol. The second-order valence-electron chi connectivity index (χ2n) is 8.63. The number of aromatic nitrogens is 1. The molecule has 156 valence electrons. The Balaban J connectivity index is 1.55. The predicted octanol–water partition coefficient (Wildman–Crippen LogP) is 4.44. The molecule has 4 rings (SSSR count). The molecule has 2 saturated heterocycles. The number of piperidine rings is 1. The molecule has 1 aromatic carbocycles. The van der Waals surface area contributed by atoms with Crippen molar-refractivity contribution in [3.8, 4) is 5.69 Å². The second kappa shape index (κ2) is 8.33. The molecule has 0 radical (unpaired) electrons. The molecule has 0 N–H and O–H groups in total. The highest BCUT2D eigenvalue weighted by Gasteiger charge is 2.33. The van der Waals surface area contributed by atoms with Crippen molar-refractivity contribution in [3.05, 3.63) is 52.8 Å². The molecule has 1 aromatic heterocycles. The Morgan fingerprint density at radius 3 is 2.45 bits per heavy atom. The summed E-state index contributed by atoms with van der Waals surface area (Å²) in [7, 11) is 0. The van der Waals surface area contributed by atoms with Crippen molar-refractivity contribution in [2.75, 3.05) is 26.3 Å². The minimum atomic E-state index is -0.155. The molecular formula is C24H32N2O3. The standard InChI is InChI=1S/C24H32N2O3/c1-16(2)19-7-9-21(10-8-19)26-17(3)14-22(18(26)4)23(27)25-11-5-6-20(15-25)24-28-12-13-29-24/h7-10,14,16,20,24H,5-6,11-13,15H2,1-4H3. The Labute approximate surface area is 173 Å². The minimum absolute atomic E-state index is 0.117. The number of carbonyl (C=O) groups is 1. The lowest BCUT2D eigenvalue weighted by atomic mass is 9.96. The summed E-state index contributed by atoms with van der Waals surface area (Å²) in [5, 5.41) is 0. The van der Waals surface area contributed by atoms with E-state index in [1.807, 2.05) is 17.9 Å². The smallest absolute Gasteiger partial charge is 0.255 e. The first kappa shape index (κ1) is 20.2. The van der Waals surface area contributed by atoms with Gasteiger partial charge in [0.1, 0.15) is 0 Å². The van der Waals surface area contributed by atoms with E-state index in [2.05, 4.69) is 49.6 Å². The number of aryl methyl sites for hydroxylation is 1. The Hall–Kier alpha value is -2.11. The fourth-order valence-electron chi connectivity index (χ4n) is 4.62. The highest BCUT2D eigenvalue weighted by atomic mass is 16.7. The van der Waals surface area contributed by atoms with Crippen molar-refractivity contribution in [2.45, 2.75) is 52.7 Å². The average Bonchev–Trinajstić information content (AvgIpc) is 3.36. The number of ether oxygens (including phenoxy) is 2. The summed E-state index contributed by atoms with van der Waals surface area (Å²) in [4.78, 5) is 15.3. The van der Waals surface area contributed by atoms with Crippen LogP contribution >= 0.6 is 0 Å². The van der Waals surface area contributed by atoms with E-state index in [0.29, 0.717) is 25.7 Å². The van der Waals surface area contributed by atoms with E-state index >= 15 is 0 Å². The first-order valence-corrected chi connectivity index (χ1v) is 10.8. The molecule has 2 aliphatic heterocycles. The Bertz CT molecular complexity index is 863. The van der Waals surface area contributed by atoms with Crippen molar-refractivity contribution in [1.29, 1.82) is 0 Å². The van der Waals surface area contributed by atoms with Crippen molar-refractivity contribution in [1.82, 2.24) is 9.47 Å². The van der Waals surface area contributed by atoms with Crippen molar-refractivity contribution in [2.24, 2.45) is 5.92 Å². The molecule has 0 bridgehead atoms. The van der Waals surface area contributed by atoms with Crippen molar-refractivity contribution < 1.29 is 14.3 Å². The predicted molar refractivity (Wildman–Crippen MR) is 114 cm³/mol. The molecule has 29 heavy (non-hydrogen) atoms. The van der Waals surface area contributed by atoms with Crippen LogP contribution in [0.25, 0.3) is 5.69 Å². The zero-order chi connectivity index (χ0) is 20.5. The van der Waals surface area contributed by atoms with Gasteiger partial charge in [-0.15, -0.1) is 0 Å². The SMILES string of the molecule is Cc1cc(C(=O)N2CCCC(C3OCCO3)C2)c(C)n1-c1ccc(C(C)C)cc1. The topological polar surface area (TPSA) is 43.7 Å². The summed E-state index contributed by atoms with van der Waals surface area (Å²) in [6, 6.07) is 10.7. The van der Waals surface area contributed by atoms with Gasteiger partial charge in [-0.1, -0.05) is 26.0 Å². The first-order chi connectivity index (χ1) is 14.0. The van der Waals surface area contributed by atoms with E-state index in [4.69, 9.17) is 9.47 Å². The number of hydrogen-bond acceptors (Lipinski definition) is 3. The van der Waals surface area contributed by atoms with Crippen LogP contribution in [0.3, 0.4) is 0 Å². The maximum atomic E-state index is 13.4. The van der Waals surface area contributed by atoms with Gasteiger partial charge in [0.25, 0.3) is 5.91 Å². The molecule has 1 atom stereocenters. The Morgan fingerprint density at radius 1 is 1.10 bits per heavy atom. The molecule has 1 amide bonds. The van der Waals surface area contributed by atoms with Crippen LogP contribution in [0.5, 0.6) is 0 Å². The normalized spacial score (nSPS) is 20.6. The maximum Gasteiger partial charge on any atom is 0.255 e. The van der Waals surface area contributed by atoms with E-state index in [1.165, 1.54) is 5.56 Å². The van der Waals surface area contributed by atoms with Gasteiger partial charge in [-0.05, 0) is 56.4 Å². The number of benzene rings is 1. The van der Waals surface area contributed by atoms with E-state index in [9.17, 15) is 4.79 Å². The number of hydrogen-bond donors (Lipinski definition) is 0. The molecule has 2 fully saturated rings. The van der Waals surface area contributed by atoms with Gasteiger partial charge in [-0.2, -0.15) is 0 Å². The van der Waals surface area contributed by atoms with Crippen LogP contribution in [-0.4, -0.2) is 48.0 Å². The third kappa shape index (κ3) is 3.99. The van der Waals surface area contributed by atoms with Gasteiger partial charge in [0.15, 0.2) is 6.29 Å². The highest BCUT2D eigenvalue weighted by molar-refractivity contribution is 5.96. The number of rotatable bonds is 4. The van der Waals surface area contributed by atoms with Gasteiger partial charge < -0.3 is 18.9 Å². The third-order valence-electron chi connectivity index (χ3n) is 6.26. The first-order valence-electron chi connectivity index (χ1n) is 10.8. The summed E-state index contributed by atoms with van der Waals surface area (Å²) in [6.45, 7) is 11.3. The second-order valence-corrected chi connectivity index (χ2v) is 8.63. The van der Waals surface area contributed by atoms with Crippen LogP contribution < -0.4 is 0 Å². The van der Waals surface area contributed by atoms with Crippen molar-refractivity contribution >= 4 is 5.91 Å². The van der Waals surface area contributed by atoms with Crippen molar-refractivity contribution in [3.63, 3.8) is 0 Å². The summed E-state index contributed by atoms with van der Waals surface area (Å²) in [5.74, 6) is 0.890. The summed E-state index contributed by atoms with van der Waals surface area (Å²) in [6.07, 6.45) is 1.89. The van der Waals surface area contributed by atoms with E-state index in [0.717, 1.165) is 42.0 Å². The molecule has 2 aliphatic rings. The Morgan fingerprint density at radius 2 is 1.79 bits per heavy atom. The van der Waals surface area contributed by atoms with Crippen LogP contribution in [0.4, 0.5) is 0 Å². The summed E-state index contributed by atoms with van der Waals surface area (Å²) in [5.41, 5.74) is 5.31.